The fraction of sp³-hybridized carbons (Fsp3) is 0.300. The summed E-state index contributed by atoms with van der Waals surface area (Å²) in [5.74, 6) is -0.919. The van der Waals surface area contributed by atoms with E-state index in [4.69, 9.17) is 17.3 Å². The number of hydrogen-bond donors (Lipinski definition) is 1. The van der Waals surface area contributed by atoms with Gasteiger partial charge in [0, 0.05) is 12.0 Å². The van der Waals surface area contributed by atoms with Gasteiger partial charge in [0.15, 0.2) is 5.82 Å². The first-order valence-electron chi connectivity index (χ1n) is 4.56. The van der Waals surface area contributed by atoms with Crippen LogP contribution in [0.25, 0.3) is 0 Å². The van der Waals surface area contributed by atoms with Crippen LogP contribution < -0.4 is 5.73 Å². The summed E-state index contributed by atoms with van der Waals surface area (Å²) in [6.45, 7) is 0. The molecule has 1 aromatic rings. The minimum Gasteiger partial charge on any atom is -0.387 e. The standard InChI is InChI=1S/C10H9ClF2N2/c11-7-3-6(12)4-8(13)9(7)15-10(14)5-1-2-5/h3-5H,1-2H2,(H2,14,15). The van der Waals surface area contributed by atoms with Crippen LogP contribution in [-0.2, 0) is 0 Å². The number of halogens is 3. The Morgan fingerprint density at radius 2 is 2.07 bits per heavy atom. The summed E-state index contributed by atoms with van der Waals surface area (Å²) >= 11 is 5.66. The molecule has 0 unspecified atom stereocenters. The molecule has 0 spiro atoms. The van der Waals surface area contributed by atoms with E-state index in [1.807, 2.05) is 0 Å². The second-order valence-electron chi connectivity index (χ2n) is 3.53. The molecule has 1 aliphatic rings. The van der Waals surface area contributed by atoms with Crippen molar-refractivity contribution in [3.63, 3.8) is 0 Å². The van der Waals surface area contributed by atoms with Crippen molar-refractivity contribution in [2.45, 2.75) is 12.8 Å². The average molecular weight is 231 g/mol. The highest BCUT2D eigenvalue weighted by Crippen LogP contribution is 2.33. The first-order valence-corrected chi connectivity index (χ1v) is 4.94. The van der Waals surface area contributed by atoms with Crippen molar-refractivity contribution < 1.29 is 8.78 Å². The van der Waals surface area contributed by atoms with Crippen molar-refractivity contribution in [2.75, 3.05) is 0 Å². The third-order valence-electron chi connectivity index (χ3n) is 2.22. The normalized spacial score (nSPS) is 16.9. The van der Waals surface area contributed by atoms with E-state index in [9.17, 15) is 8.78 Å². The summed E-state index contributed by atoms with van der Waals surface area (Å²) in [4.78, 5) is 3.88. The molecule has 1 aromatic carbocycles. The lowest BCUT2D eigenvalue weighted by Crippen LogP contribution is -2.13. The summed E-state index contributed by atoms with van der Waals surface area (Å²) < 4.78 is 26.0. The summed E-state index contributed by atoms with van der Waals surface area (Å²) in [6.07, 6.45) is 1.94. The summed E-state index contributed by atoms with van der Waals surface area (Å²) in [5, 5.41) is -0.0592. The molecule has 1 saturated carbocycles. The van der Waals surface area contributed by atoms with Crippen molar-refractivity contribution in [3.05, 3.63) is 28.8 Å². The maximum atomic E-state index is 13.3. The average Bonchev–Trinajstić information content (AvgIpc) is 2.93. The van der Waals surface area contributed by atoms with E-state index in [1.165, 1.54) is 0 Å². The Balaban J connectivity index is 2.39. The van der Waals surface area contributed by atoms with E-state index in [1.54, 1.807) is 0 Å². The summed E-state index contributed by atoms with van der Waals surface area (Å²) in [6, 6.07) is 1.76. The Kier molecular flexibility index (Phi) is 2.61. The second kappa shape index (κ2) is 3.77. The van der Waals surface area contributed by atoms with Gasteiger partial charge in [0.2, 0.25) is 0 Å². The van der Waals surface area contributed by atoms with Crippen LogP contribution in [-0.4, -0.2) is 5.84 Å². The van der Waals surface area contributed by atoms with Crippen LogP contribution in [0.4, 0.5) is 14.5 Å². The van der Waals surface area contributed by atoms with Gasteiger partial charge in [-0.1, -0.05) is 11.6 Å². The fourth-order valence-corrected chi connectivity index (χ4v) is 1.48. The SMILES string of the molecule is NC(=Nc1c(F)cc(F)cc1Cl)C1CC1. The van der Waals surface area contributed by atoms with Gasteiger partial charge < -0.3 is 5.73 Å². The maximum absolute atomic E-state index is 13.3. The van der Waals surface area contributed by atoms with Gasteiger partial charge in [-0.3, -0.25) is 0 Å². The number of hydrogen-bond acceptors (Lipinski definition) is 1. The van der Waals surface area contributed by atoms with Crippen LogP contribution in [0, 0.1) is 17.6 Å². The molecule has 1 fully saturated rings. The Morgan fingerprint density at radius 3 is 2.60 bits per heavy atom. The van der Waals surface area contributed by atoms with Gasteiger partial charge in [-0.15, -0.1) is 0 Å². The van der Waals surface area contributed by atoms with Crippen molar-refractivity contribution >= 4 is 23.1 Å². The van der Waals surface area contributed by atoms with Gasteiger partial charge in [0.25, 0.3) is 0 Å². The summed E-state index contributed by atoms with van der Waals surface area (Å²) in [7, 11) is 0. The molecule has 2 N–H and O–H groups in total. The van der Waals surface area contributed by atoms with E-state index in [0.717, 1.165) is 25.0 Å². The molecule has 0 aromatic heterocycles. The van der Waals surface area contributed by atoms with Crippen molar-refractivity contribution in [1.82, 2.24) is 0 Å². The molecule has 0 amide bonds. The third-order valence-corrected chi connectivity index (χ3v) is 2.51. The molecule has 0 heterocycles. The smallest absolute Gasteiger partial charge is 0.153 e. The molecule has 0 aliphatic heterocycles. The second-order valence-corrected chi connectivity index (χ2v) is 3.94. The van der Waals surface area contributed by atoms with Crippen molar-refractivity contribution in [2.24, 2.45) is 16.6 Å². The lowest BCUT2D eigenvalue weighted by atomic mass is 10.3. The van der Waals surface area contributed by atoms with E-state index in [0.29, 0.717) is 5.84 Å². The Bertz CT molecular complexity index is 404. The van der Waals surface area contributed by atoms with Crippen LogP contribution in [0.2, 0.25) is 5.02 Å². The van der Waals surface area contributed by atoms with E-state index >= 15 is 0 Å². The number of aliphatic imine (C=N–C) groups is 1. The number of nitrogens with zero attached hydrogens (tertiary/aromatic N) is 1. The summed E-state index contributed by atoms with van der Waals surface area (Å²) in [5.41, 5.74) is 5.54. The van der Waals surface area contributed by atoms with Crippen molar-refractivity contribution in [3.8, 4) is 0 Å². The minimum absolute atomic E-state index is 0.0592. The van der Waals surface area contributed by atoms with Crippen LogP contribution in [0.15, 0.2) is 17.1 Å². The largest absolute Gasteiger partial charge is 0.387 e. The molecule has 0 saturated heterocycles. The van der Waals surface area contributed by atoms with Gasteiger partial charge >= 0.3 is 0 Å². The zero-order valence-electron chi connectivity index (χ0n) is 7.80. The number of benzene rings is 1. The molecule has 80 valence electrons. The van der Waals surface area contributed by atoms with Gasteiger partial charge in [-0.2, -0.15) is 0 Å². The van der Waals surface area contributed by atoms with Crippen LogP contribution in [0.1, 0.15) is 12.8 Å². The molecule has 5 heteroatoms. The molecule has 0 atom stereocenters. The monoisotopic (exact) mass is 230 g/mol. The van der Waals surface area contributed by atoms with Crippen LogP contribution >= 0.6 is 11.6 Å². The van der Waals surface area contributed by atoms with E-state index in [-0.39, 0.29) is 16.6 Å². The van der Waals surface area contributed by atoms with Gasteiger partial charge in [-0.05, 0) is 18.9 Å². The third kappa shape index (κ3) is 2.26. The topological polar surface area (TPSA) is 38.4 Å². The molecular weight excluding hydrogens is 222 g/mol. The highest BCUT2D eigenvalue weighted by molar-refractivity contribution is 6.33. The van der Waals surface area contributed by atoms with Crippen molar-refractivity contribution in [1.29, 1.82) is 0 Å². The molecule has 0 bridgehead atoms. The highest BCUT2D eigenvalue weighted by atomic mass is 35.5. The molecule has 2 rings (SSSR count). The molecule has 1 aliphatic carbocycles. The maximum Gasteiger partial charge on any atom is 0.153 e. The van der Waals surface area contributed by atoms with E-state index < -0.39 is 11.6 Å². The number of nitrogens with two attached hydrogens (primary N) is 1. The van der Waals surface area contributed by atoms with Crippen LogP contribution in [0.3, 0.4) is 0 Å². The lowest BCUT2D eigenvalue weighted by Gasteiger charge is -2.02. The Morgan fingerprint density at radius 1 is 1.40 bits per heavy atom. The minimum atomic E-state index is -0.788. The quantitative estimate of drug-likeness (QED) is 0.616. The van der Waals surface area contributed by atoms with Gasteiger partial charge in [0.05, 0.1) is 5.02 Å². The Hall–Kier alpha value is -1.16. The van der Waals surface area contributed by atoms with Gasteiger partial charge in [0.1, 0.15) is 17.3 Å². The first kappa shape index (κ1) is 10.4. The van der Waals surface area contributed by atoms with Crippen LogP contribution in [0.5, 0.6) is 0 Å². The number of amidine groups is 1. The fourth-order valence-electron chi connectivity index (χ4n) is 1.24. The number of rotatable bonds is 2. The molecule has 15 heavy (non-hydrogen) atoms. The predicted molar refractivity (Wildman–Crippen MR) is 55.4 cm³/mol. The predicted octanol–water partition coefficient (Wildman–Crippen LogP) is 3.02. The lowest BCUT2D eigenvalue weighted by molar-refractivity contribution is 0.585. The zero-order valence-corrected chi connectivity index (χ0v) is 8.56. The molecular formula is C10H9ClF2N2. The first-order chi connectivity index (χ1) is 7.08. The molecule has 2 nitrogen and oxygen atoms in total. The highest BCUT2D eigenvalue weighted by Gasteiger charge is 2.26. The Labute approximate surface area is 90.8 Å². The van der Waals surface area contributed by atoms with Gasteiger partial charge in [-0.25, -0.2) is 13.8 Å². The molecule has 0 radical (unpaired) electrons. The van der Waals surface area contributed by atoms with E-state index in [2.05, 4.69) is 4.99 Å². The zero-order chi connectivity index (χ0) is 11.0.